The van der Waals surface area contributed by atoms with Crippen LogP contribution in [0.3, 0.4) is 0 Å². The van der Waals surface area contributed by atoms with Crippen LogP contribution in [0, 0.1) is 0 Å². The van der Waals surface area contributed by atoms with Gasteiger partial charge in [0.1, 0.15) is 0 Å². The number of primary amides is 1. The molecule has 0 aromatic carbocycles. The molecule has 0 unspecified atom stereocenters. The number of imide groups is 3. The fourth-order valence-corrected chi connectivity index (χ4v) is 0.832. The van der Waals surface area contributed by atoms with Crippen LogP contribution in [0.5, 0.6) is 0 Å². The lowest BCUT2D eigenvalue weighted by molar-refractivity contribution is -0.133. The van der Waals surface area contributed by atoms with Crippen molar-refractivity contribution >= 4 is 17.8 Å². The lowest BCUT2D eigenvalue weighted by atomic mass is 10.3. The summed E-state index contributed by atoms with van der Waals surface area (Å²) in [7, 11) is 0. The zero-order valence-electron chi connectivity index (χ0n) is 5.66. The van der Waals surface area contributed by atoms with Crippen molar-refractivity contribution in [3.05, 3.63) is 12.2 Å². The predicted octanol–water partition coefficient (Wildman–Crippen LogP) is -0.620. The number of carbonyl (C=O) groups excluding carboxylic acids is 3. The third-order valence-electron chi connectivity index (χ3n) is 1.34. The lowest BCUT2D eigenvalue weighted by Crippen LogP contribution is -2.39. The Kier molecular flexibility index (Phi) is 1.48. The SMILES string of the molecule is C=C1CC(=O)N(C(N)=O)C1=O. The molecule has 0 bridgehead atoms. The van der Waals surface area contributed by atoms with Crippen molar-refractivity contribution in [1.82, 2.24) is 4.90 Å². The lowest BCUT2D eigenvalue weighted by Gasteiger charge is -2.05. The molecule has 1 heterocycles. The minimum atomic E-state index is -1.04. The molecule has 11 heavy (non-hydrogen) atoms. The van der Waals surface area contributed by atoms with Gasteiger partial charge in [-0.3, -0.25) is 9.59 Å². The van der Waals surface area contributed by atoms with E-state index in [0.717, 1.165) is 0 Å². The van der Waals surface area contributed by atoms with E-state index < -0.39 is 17.8 Å². The molecule has 4 amide bonds. The van der Waals surface area contributed by atoms with Crippen LogP contribution in [-0.2, 0) is 9.59 Å². The van der Waals surface area contributed by atoms with Gasteiger partial charge in [0, 0.05) is 5.57 Å². The number of nitrogens with zero attached hydrogens (tertiary/aromatic N) is 1. The van der Waals surface area contributed by atoms with Gasteiger partial charge in [-0.05, 0) is 0 Å². The van der Waals surface area contributed by atoms with Gasteiger partial charge in [0.05, 0.1) is 6.42 Å². The number of hydrogen-bond acceptors (Lipinski definition) is 3. The summed E-state index contributed by atoms with van der Waals surface area (Å²) < 4.78 is 0. The molecule has 1 fully saturated rings. The summed E-state index contributed by atoms with van der Waals surface area (Å²) in [5.74, 6) is -1.30. The minimum absolute atomic E-state index is 0.105. The zero-order chi connectivity index (χ0) is 8.59. The molecule has 0 aliphatic carbocycles. The third kappa shape index (κ3) is 1.000. The summed E-state index contributed by atoms with van der Waals surface area (Å²) in [6.45, 7) is 3.30. The van der Waals surface area contributed by atoms with E-state index in [4.69, 9.17) is 5.73 Å². The summed E-state index contributed by atoms with van der Waals surface area (Å²) in [5.41, 5.74) is 4.85. The van der Waals surface area contributed by atoms with Crippen molar-refractivity contribution in [3.63, 3.8) is 0 Å². The van der Waals surface area contributed by atoms with Gasteiger partial charge >= 0.3 is 6.03 Å². The van der Waals surface area contributed by atoms with Gasteiger partial charge in [0.25, 0.3) is 5.91 Å². The van der Waals surface area contributed by atoms with Gasteiger partial charge in [-0.1, -0.05) is 6.58 Å². The van der Waals surface area contributed by atoms with E-state index in [0.29, 0.717) is 4.90 Å². The van der Waals surface area contributed by atoms with E-state index in [9.17, 15) is 14.4 Å². The van der Waals surface area contributed by atoms with Gasteiger partial charge in [-0.15, -0.1) is 0 Å². The molecular formula is C6H6N2O3. The molecule has 1 aliphatic rings. The summed E-state index contributed by atoms with van der Waals surface area (Å²) in [5, 5.41) is 0. The van der Waals surface area contributed by atoms with Gasteiger partial charge in [0.2, 0.25) is 5.91 Å². The summed E-state index contributed by atoms with van der Waals surface area (Å²) >= 11 is 0. The van der Waals surface area contributed by atoms with E-state index in [1.807, 2.05) is 0 Å². The van der Waals surface area contributed by atoms with Crippen LogP contribution in [-0.4, -0.2) is 22.7 Å². The maximum atomic E-state index is 10.9. The standard InChI is InChI=1S/C6H6N2O3/c1-3-2-4(9)8(5(3)10)6(7)11/h1-2H2,(H2,7,11). The molecule has 1 aliphatic heterocycles. The molecule has 0 saturated carbocycles. The number of amides is 4. The number of carbonyl (C=O) groups is 3. The molecule has 1 rings (SSSR count). The van der Waals surface area contributed by atoms with Gasteiger partial charge in [0.15, 0.2) is 0 Å². The average Bonchev–Trinajstić information content (AvgIpc) is 2.07. The molecule has 0 atom stereocenters. The first-order valence-electron chi connectivity index (χ1n) is 2.88. The third-order valence-corrected chi connectivity index (χ3v) is 1.34. The molecule has 0 radical (unpaired) electrons. The minimum Gasteiger partial charge on any atom is -0.351 e. The number of rotatable bonds is 0. The Labute approximate surface area is 62.5 Å². The fraction of sp³-hybridized carbons (Fsp3) is 0.167. The summed E-state index contributed by atoms with van der Waals surface area (Å²) in [6, 6.07) is -1.04. The predicted molar refractivity (Wildman–Crippen MR) is 35.2 cm³/mol. The fourth-order valence-electron chi connectivity index (χ4n) is 0.832. The Morgan fingerprint density at radius 1 is 1.55 bits per heavy atom. The van der Waals surface area contributed by atoms with Crippen LogP contribution in [0.1, 0.15) is 6.42 Å². The molecule has 0 aromatic heterocycles. The zero-order valence-corrected chi connectivity index (χ0v) is 5.66. The maximum absolute atomic E-state index is 10.9. The second-order valence-electron chi connectivity index (χ2n) is 2.15. The molecule has 58 valence electrons. The number of likely N-dealkylation sites (tertiary alicyclic amines) is 1. The van der Waals surface area contributed by atoms with Crippen LogP contribution >= 0.6 is 0 Å². The van der Waals surface area contributed by atoms with Crippen molar-refractivity contribution in [2.45, 2.75) is 6.42 Å². The molecule has 1 saturated heterocycles. The first kappa shape index (κ1) is 7.46. The van der Waals surface area contributed by atoms with E-state index in [1.54, 1.807) is 0 Å². The highest BCUT2D eigenvalue weighted by Crippen LogP contribution is 2.15. The van der Waals surface area contributed by atoms with Crippen LogP contribution in [0.25, 0.3) is 0 Å². The molecule has 5 heteroatoms. The molecule has 2 N–H and O–H groups in total. The molecule has 0 aromatic rings. The maximum Gasteiger partial charge on any atom is 0.328 e. The number of urea groups is 1. The second kappa shape index (κ2) is 2.19. The van der Waals surface area contributed by atoms with E-state index in [-0.39, 0.29) is 12.0 Å². The Balaban J connectivity index is 2.98. The van der Waals surface area contributed by atoms with Gasteiger partial charge in [-0.2, -0.15) is 4.90 Å². The van der Waals surface area contributed by atoms with Crippen molar-refractivity contribution in [2.24, 2.45) is 5.73 Å². The largest absolute Gasteiger partial charge is 0.351 e. The first-order chi connectivity index (χ1) is 5.04. The Morgan fingerprint density at radius 3 is 2.27 bits per heavy atom. The average molecular weight is 154 g/mol. The summed E-state index contributed by atoms with van der Waals surface area (Å²) in [4.78, 5) is 32.5. The molecule has 0 spiro atoms. The normalized spacial score (nSPS) is 17.8. The number of hydrogen-bond donors (Lipinski definition) is 1. The van der Waals surface area contributed by atoms with Crippen LogP contribution in [0.15, 0.2) is 12.2 Å². The van der Waals surface area contributed by atoms with Crippen LogP contribution in [0.4, 0.5) is 4.79 Å². The quantitative estimate of drug-likeness (QED) is 0.373. The van der Waals surface area contributed by atoms with Crippen molar-refractivity contribution in [3.8, 4) is 0 Å². The van der Waals surface area contributed by atoms with Gasteiger partial charge in [-0.25, -0.2) is 4.79 Å². The highest BCUT2D eigenvalue weighted by atomic mass is 16.2. The van der Waals surface area contributed by atoms with Gasteiger partial charge < -0.3 is 5.73 Å². The smallest absolute Gasteiger partial charge is 0.328 e. The topological polar surface area (TPSA) is 80.5 Å². The Bertz CT molecular complexity index is 269. The van der Waals surface area contributed by atoms with Crippen molar-refractivity contribution in [1.29, 1.82) is 0 Å². The Hall–Kier alpha value is -1.65. The van der Waals surface area contributed by atoms with Crippen molar-refractivity contribution < 1.29 is 14.4 Å². The molecular weight excluding hydrogens is 148 g/mol. The second-order valence-corrected chi connectivity index (χ2v) is 2.15. The molecule has 5 nitrogen and oxygen atoms in total. The summed E-state index contributed by atoms with van der Waals surface area (Å²) in [6.07, 6.45) is -0.109. The Morgan fingerprint density at radius 2 is 2.09 bits per heavy atom. The number of nitrogens with two attached hydrogens (primary N) is 1. The van der Waals surface area contributed by atoms with Crippen LogP contribution in [0.2, 0.25) is 0 Å². The highest BCUT2D eigenvalue weighted by molar-refractivity contribution is 6.21. The monoisotopic (exact) mass is 154 g/mol. The van der Waals surface area contributed by atoms with Crippen molar-refractivity contribution in [2.75, 3.05) is 0 Å². The first-order valence-corrected chi connectivity index (χ1v) is 2.88. The highest BCUT2D eigenvalue weighted by Gasteiger charge is 2.35. The van der Waals surface area contributed by atoms with Crippen LogP contribution < -0.4 is 5.73 Å². The van der Waals surface area contributed by atoms with E-state index in [1.165, 1.54) is 0 Å². The van der Waals surface area contributed by atoms with E-state index >= 15 is 0 Å². The van der Waals surface area contributed by atoms with E-state index in [2.05, 4.69) is 6.58 Å².